The number of ether oxygens (including phenoxy) is 3. The van der Waals surface area contributed by atoms with Crippen LogP contribution in [-0.2, 0) is 0 Å². The molecule has 0 saturated carbocycles. The summed E-state index contributed by atoms with van der Waals surface area (Å²) < 4.78 is 16.1. The number of likely N-dealkylation sites (tertiary alicyclic amines) is 1. The summed E-state index contributed by atoms with van der Waals surface area (Å²) in [4.78, 5) is 17.2. The third-order valence-corrected chi connectivity index (χ3v) is 7.38. The number of nitrogens with zero attached hydrogens (tertiary/aromatic N) is 2. The van der Waals surface area contributed by atoms with Gasteiger partial charge in [-0.25, -0.2) is 0 Å². The molecule has 0 bridgehead atoms. The number of benzene rings is 2. The van der Waals surface area contributed by atoms with Crippen molar-refractivity contribution in [1.82, 2.24) is 9.80 Å². The summed E-state index contributed by atoms with van der Waals surface area (Å²) in [7, 11) is 6.21. The second-order valence-electron chi connectivity index (χ2n) is 9.52. The Balaban J connectivity index is 1.79. The van der Waals surface area contributed by atoms with Crippen LogP contribution in [-0.4, -0.2) is 87.2 Å². The van der Waals surface area contributed by atoms with E-state index in [1.165, 1.54) is 26.2 Å². The van der Waals surface area contributed by atoms with Crippen LogP contribution in [0.1, 0.15) is 46.7 Å². The minimum absolute atomic E-state index is 0.157. The lowest BCUT2D eigenvalue weighted by molar-refractivity contribution is 0.0810. The molecule has 1 atom stereocenters. The number of aliphatic hydroxyl groups is 1. The maximum absolute atomic E-state index is 13.3. The molecule has 2 N–H and O–H groups in total. The number of hydrogen-bond donors (Lipinski definition) is 2. The fourth-order valence-electron chi connectivity index (χ4n) is 4.69. The van der Waals surface area contributed by atoms with E-state index in [1.807, 2.05) is 25.1 Å². The molecule has 1 aliphatic rings. The van der Waals surface area contributed by atoms with Crippen LogP contribution in [0.4, 0.5) is 0 Å². The van der Waals surface area contributed by atoms with E-state index in [0.717, 1.165) is 50.0 Å². The summed E-state index contributed by atoms with van der Waals surface area (Å²) in [5.41, 5.74) is 2.76. The Bertz CT molecular complexity index is 1080. The number of aryl methyl sites for hydroxylation is 1. The molecular formula is C28H38ClN3O5. The maximum Gasteiger partial charge on any atom is 0.254 e. The number of carbonyl (C=O) groups excluding carboxylic acids is 1. The van der Waals surface area contributed by atoms with Crippen LogP contribution in [0.5, 0.6) is 17.2 Å². The second-order valence-corrected chi connectivity index (χ2v) is 9.93. The van der Waals surface area contributed by atoms with Gasteiger partial charge in [0, 0.05) is 42.4 Å². The molecule has 2 aromatic carbocycles. The predicted octanol–water partition coefficient (Wildman–Crippen LogP) is 4.40. The number of methoxy groups -OCH3 is 3. The molecule has 0 aliphatic carbocycles. The average molecular weight is 532 g/mol. The number of carbonyl (C=O) groups is 1. The van der Waals surface area contributed by atoms with Crippen LogP contribution < -0.4 is 14.2 Å². The molecule has 37 heavy (non-hydrogen) atoms. The summed E-state index contributed by atoms with van der Waals surface area (Å²) in [5.74, 6) is 0.758. The third-order valence-electron chi connectivity index (χ3n) is 6.98. The number of halogens is 1. The molecule has 1 fully saturated rings. The first kappa shape index (κ1) is 28.8. The Morgan fingerprint density at radius 2 is 1.76 bits per heavy atom. The first-order valence-electron chi connectivity index (χ1n) is 12.5. The number of amides is 1. The van der Waals surface area contributed by atoms with Crippen LogP contribution >= 0.6 is 11.6 Å². The van der Waals surface area contributed by atoms with Gasteiger partial charge in [-0.2, -0.15) is 0 Å². The smallest absolute Gasteiger partial charge is 0.254 e. The minimum atomic E-state index is -0.255. The third kappa shape index (κ3) is 7.15. The molecule has 1 amide bonds. The number of nitrogens with one attached hydrogen (secondary N) is 1. The summed E-state index contributed by atoms with van der Waals surface area (Å²) in [6.07, 6.45) is 2.03. The van der Waals surface area contributed by atoms with E-state index >= 15 is 0 Å². The molecule has 1 saturated heterocycles. The van der Waals surface area contributed by atoms with Crippen LogP contribution in [0.25, 0.3) is 0 Å². The largest absolute Gasteiger partial charge is 0.493 e. The monoisotopic (exact) mass is 531 g/mol. The lowest BCUT2D eigenvalue weighted by Gasteiger charge is -2.31. The molecule has 3 rings (SSSR count). The quantitative estimate of drug-likeness (QED) is 0.417. The van der Waals surface area contributed by atoms with E-state index in [-0.39, 0.29) is 24.5 Å². The van der Waals surface area contributed by atoms with Crippen LogP contribution in [0.3, 0.4) is 0 Å². The fourth-order valence-corrected chi connectivity index (χ4v) is 4.87. The van der Waals surface area contributed by atoms with Gasteiger partial charge in [0.1, 0.15) is 0 Å². The molecular weight excluding hydrogens is 494 g/mol. The summed E-state index contributed by atoms with van der Waals surface area (Å²) in [6.45, 7) is 4.60. The van der Waals surface area contributed by atoms with Gasteiger partial charge < -0.3 is 34.5 Å². The SMILES string of the molecule is COc1cc(C(=O)N(C)CC(=N)C(CCN2CCC(O)CC2)c2ccc(C)c(Cl)c2)cc(OC)c1OC. The van der Waals surface area contributed by atoms with Gasteiger partial charge in [-0.15, -0.1) is 0 Å². The van der Waals surface area contributed by atoms with Crippen molar-refractivity contribution in [2.75, 3.05) is 54.6 Å². The lowest BCUT2D eigenvalue weighted by atomic mass is 9.89. The molecule has 1 heterocycles. The van der Waals surface area contributed by atoms with Crippen molar-refractivity contribution in [2.45, 2.75) is 38.2 Å². The number of aliphatic hydroxyl groups excluding tert-OH is 1. The Labute approximate surface area is 224 Å². The first-order valence-corrected chi connectivity index (χ1v) is 12.9. The van der Waals surface area contributed by atoms with Crippen molar-refractivity contribution in [3.05, 3.63) is 52.0 Å². The Hall–Kier alpha value is -2.81. The molecule has 0 aromatic heterocycles. The highest BCUT2D eigenvalue weighted by molar-refractivity contribution is 6.31. The predicted molar refractivity (Wildman–Crippen MR) is 146 cm³/mol. The topological polar surface area (TPSA) is 95.3 Å². The standard InChI is InChI=1S/C28H38ClN3O5/c1-18-6-7-19(14-23(18)29)22(10-13-32-11-8-21(33)9-12-32)24(30)17-31(2)28(34)20-15-25(35-3)27(37-5)26(16-20)36-4/h6-7,14-16,21-22,30,33H,8-13,17H2,1-5H3. The molecule has 2 aromatic rings. The zero-order valence-electron chi connectivity index (χ0n) is 22.3. The van der Waals surface area contributed by atoms with E-state index in [4.69, 9.17) is 31.2 Å². The van der Waals surface area contributed by atoms with Gasteiger partial charge in [-0.3, -0.25) is 4.79 Å². The maximum atomic E-state index is 13.3. The van der Waals surface area contributed by atoms with Crippen LogP contribution in [0.15, 0.2) is 30.3 Å². The van der Waals surface area contributed by atoms with Gasteiger partial charge in [-0.05, 0) is 62.1 Å². The molecule has 202 valence electrons. The highest BCUT2D eigenvalue weighted by Crippen LogP contribution is 2.38. The lowest BCUT2D eigenvalue weighted by Crippen LogP contribution is -2.38. The van der Waals surface area contributed by atoms with Gasteiger partial charge in [0.05, 0.1) is 34.0 Å². The zero-order valence-corrected chi connectivity index (χ0v) is 23.1. The van der Waals surface area contributed by atoms with Crippen molar-refractivity contribution in [3.8, 4) is 17.2 Å². The van der Waals surface area contributed by atoms with Gasteiger partial charge in [0.25, 0.3) is 5.91 Å². The van der Waals surface area contributed by atoms with Crippen molar-refractivity contribution < 1.29 is 24.1 Å². The minimum Gasteiger partial charge on any atom is -0.493 e. The van der Waals surface area contributed by atoms with E-state index in [2.05, 4.69) is 4.90 Å². The Morgan fingerprint density at radius 1 is 1.14 bits per heavy atom. The average Bonchev–Trinajstić information content (AvgIpc) is 2.90. The number of rotatable bonds is 11. The van der Waals surface area contributed by atoms with E-state index in [9.17, 15) is 9.90 Å². The Kier molecular flexibility index (Phi) is 10.2. The normalized spacial score (nSPS) is 15.2. The number of hydrogen-bond acceptors (Lipinski definition) is 7. The molecule has 8 nitrogen and oxygen atoms in total. The van der Waals surface area contributed by atoms with Crippen molar-refractivity contribution in [2.24, 2.45) is 0 Å². The highest BCUT2D eigenvalue weighted by atomic mass is 35.5. The van der Waals surface area contributed by atoms with Crippen LogP contribution in [0.2, 0.25) is 5.02 Å². The van der Waals surface area contributed by atoms with Gasteiger partial charge in [0.15, 0.2) is 11.5 Å². The summed E-state index contributed by atoms with van der Waals surface area (Å²) in [5, 5.41) is 19.5. The van der Waals surface area contributed by atoms with Crippen molar-refractivity contribution >= 4 is 23.2 Å². The highest BCUT2D eigenvalue weighted by Gasteiger charge is 2.25. The molecule has 1 aliphatic heterocycles. The van der Waals surface area contributed by atoms with Gasteiger partial charge in [0.2, 0.25) is 5.75 Å². The fraction of sp³-hybridized carbons (Fsp3) is 0.500. The van der Waals surface area contributed by atoms with Crippen molar-refractivity contribution in [1.29, 1.82) is 5.41 Å². The summed E-state index contributed by atoms with van der Waals surface area (Å²) in [6, 6.07) is 9.15. The zero-order chi connectivity index (χ0) is 27.1. The molecule has 1 unspecified atom stereocenters. The molecule has 0 radical (unpaired) electrons. The van der Waals surface area contributed by atoms with E-state index in [0.29, 0.717) is 33.5 Å². The molecule has 0 spiro atoms. The van der Waals surface area contributed by atoms with Gasteiger partial charge >= 0.3 is 0 Å². The first-order chi connectivity index (χ1) is 17.7. The van der Waals surface area contributed by atoms with Gasteiger partial charge in [-0.1, -0.05) is 23.7 Å². The Morgan fingerprint density at radius 3 is 2.30 bits per heavy atom. The van der Waals surface area contributed by atoms with Crippen LogP contribution in [0, 0.1) is 12.3 Å². The number of piperidine rings is 1. The van der Waals surface area contributed by atoms with E-state index in [1.54, 1.807) is 19.2 Å². The molecule has 9 heteroatoms. The second kappa shape index (κ2) is 13.1. The van der Waals surface area contributed by atoms with Crippen molar-refractivity contribution in [3.63, 3.8) is 0 Å². The van der Waals surface area contributed by atoms with E-state index < -0.39 is 0 Å². The summed E-state index contributed by atoms with van der Waals surface area (Å²) >= 11 is 6.44.